The van der Waals surface area contributed by atoms with Gasteiger partial charge in [0.25, 0.3) is 0 Å². The van der Waals surface area contributed by atoms with E-state index in [1.165, 1.54) is 38.6 Å². The van der Waals surface area contributed by atoms with Gasteiger partial charge in [-0.2, -0.15) is 0 Å². The van der Waals surface area contributed by atoms with E-state index < -0.39 is 0 Å². The molecule has 0 spiro atoms. The Kier molecular flexibility index (Phi) is 5.62. The van der Waals surface area contributed by atoms with E-state index in [1.807, 2.05) is 0 Å². The highest BCUT2D eigenvalue weighted by Gasteiger charge is 2.28. The molecule has 0 heterocycles. The normalized spacial score (nSPS) is 28.4. The zero-order valence-corrected chi connectivity index (χ0v) is 10.7. The molecule has 0 aromatic rings. The quantitative estimate of drug-likeness (QED) is 0.726. The fraction of sp³-hybridized carbons (Fsp3) is 1.00. The Labute approximate surface area is 95.2 Å². The largest absolute Gasteiger partial charge is 0.330 e. The molecule has 1 aliphatic carbocycles. The van der Waals surface area contributed by atoms with Gasteiger partial charge in [-0.1, -0.05) is 26.2 Å². The van der Waals surface area contributed by atoms with Gasteiger partial charge >= 0.3 is 0 Å². The van der Waals surface area contributed by atoms with Crippen molar-refractivity contribution in [1.82, 2.24) is 4.90 Å². The molecular weight excluding hydrogens is 184 g/mol. The number of hydrogen-bond donors (Lipinski definition) is 1. The average molecular weight is 212 g/mol. The maximum absolute atomic E-state index is 5.93. The van der Waals surface area contributed by atoms with Crippen molar-refractivity contribution in [1.29, 1.82) is 0 Å². The van der Waals surface area contributed by atoms with E-state index in [-0.39, 0.29) is 0 Å². The summed E-state index contributed by atoms with van der Waals surface area (Å²) in [5.41, 5.74) is 5.93. The molecule has 1 fully saturated rings. The minimum absolute atomic E-state index is 0.659. The summed E-state index contributed by atoms with van der Waals surface area (Å²) >= 11 is 0. The van der Waals surface area contributed by atoms with Crippen molar-refractivity contribution in [3.05, 3.63) is 0 Å². The van der Waals surface area contributed by atoms with Crippen LogP contribution < -0.4 is 5.73 Å². The lowest BCUT2D eigenvalue weighted by molar-refractivity contribution is 0.109. The molecule has 0 aliphatic heterocycles. The predicted molar refractivity (Wildman–Crippen MR) is 66.9 cm³/mol. The second-order valence-corrected chi connectivity index (χ2v) is 5.13. The zero-order valence-electron chi connectivity index (χ0n) is 10.7. The van der Waals surface area contributed by atoms with Crippen molar-refractivity contribution in [2.75, 3.05) is 13.1 Å². The van der Waals surface area contributed by atoms with Gasteiger partial charge in [-0.3, -0.25) is 4.90 Å². The van der Waals surface area contributed by atoms with E-state index in [0.29, 0.717) is 6.04 Å². The lowest BCUT2D eigenvalue weighted by atomic mass is 9.92. The molecule has 0 amide bonds. The van der Waals surface area contributed by atoms with Gasteiger partial charge in [0.1, 0.15) is 0 Å². The summed E-state index contributed by atoms with van der Waals surface area (Å²) in [6.45, 7) is 8.93. The molecule has 0 bridgehead atoms. The van der Waals surface area contributed by atoms with Gasteiger partial charge in [-0.25, -0.2) is 0 Å². The first-order valence-electron chi connectivity index (χ1n) is 6.66. The molecule has 1 aliphatic rings. The highest BCUT2D eigenvalue weighted by Crippen LogP contribution is 2.27. The Bertz CT molecular complexity index is 168. The van der Waals surface area contributed by atoms with Gasteiger partial charge in [0.15, 0.2) is 0 Å². The third-order valence-corrected chi connectivity index (χ3v) is 3.88. The first-order chi connectivity index (χ1) is 7.20. The van der Waals surface area contributed by atoms with Gasteiger partial charge in [0.05, 0.1) is 0 Å². The molecule has 0 aromatic carbocycles. The molecule has 1 rings (SSSR count). The standard InChI is InChI=1S/C13H28N2/c1-4-15(11(2)3)13-9-7-5-6-8-12(13)10-14/h11-13H,4-10,14H2,1-3H3. The summed E-state index contributed by atoms with van der Waals surface area (Å²) < 4.78 is 0. The summed E-state index contributed by atoms with van der Waals surface area (Å²) in [5, 5.41) is 0. The number of rotatable bonds is 4. The molecule has 2 unspecified atom stereocenters. The smallest absolute Gasteiger partial charge is 0.0138 e. The van der Waals surface area contributed by atoms with Gasteiger partial charge < -0.3 is 5.73 Å². The van der Waals surface area contributed by atoms with Crippen LogP contribution in [-0.4, -0.2) is 30.1 Å². The maximum atomic E-state index is 5.93. The molecule has 2 heteroatoms. The van der Waals surface area contributed by atoms with Crippen LogP contribution in [0.25, 0.3) is 0 Å². The van der Waals surface area contributed by atoms with E-state index in [2.05, 4.69) is 25.7 Å². The monoisotopic (exact) mass is 212 g/mol. The third-order valence-electron chi connectivity index (χ3n) is 3.88. The molecule has 2 atom stereocenters. The van der Waals surface area contributed by atoms with E-state index in [1.54, 1.807) is 0 Å². The zero-order chi connectivity index (χ0) is 11.3. The predicted octanol–water partition coefficient (Wildman–Crippen LogP) is 2.62. The van der Waals surface area contributed by atoms with Crippen molar-refractivity contribution >= 4 is 0 Å². The van der Waals surface area contributed by atoms with Gasteiger partial charge in [0, 0.05) is 12.1 Å². The molecule has 0 aromatic heterocycles. The van der Waals surface area contributed by atoms with Crippen molar-refractivity contribution in [3.8, 4) is 0 Å². The van der Waals surface area contributed by atoms with Crippen molar-refractivity contribution in [3.63, 3.8) is 0 Å². The number of nitrogens with zero attached hydrogens (tertiary/aromatic N) is 1. The molecule has 1 saturated carbocycles. The van der Waals surface area contributed by atoms with E-state index in [0.717, 1.165) is 18.5 Å². The summed E-state index contributed by atoms with van der Waals surface area (Å²) in [7, 11) is 0. The lowest BCUT2D eigenvalue weighted by Crippen LogP contribution is -2.46. The summed E-state index contributed by atoms with van der Waals surface area (Å²) in [5.74, 6) is 0.731. The van der Waals surface area contributed by atoms with E-state index >= 15 is 0 Å². The molecule has 2 N–H and O–H groups in total. The number of nitrogens with two attached hydrogens (primary N) is 1. The van der Waals surface area contributed by atoms with Crippen LogP contribution in [0.3, 0.4) is 0 Å². The van der Waals surface area contributed by atoms with Gasteiger partial charge in [-0.05, 0) is 45.7 Å². The minimum atomic E-state index is 0.659. The summed E-state index contributed by atoms with van der Waals surface area (Å²) in [4.78, 5) is 2.64. The molecule has 2 nitrogen and oxygen atoms in total. The van der Waals surface area contributed by atoms with Gasteiger partial charge in [0.2, 0.25) is 0 Å². The fourth-order valence-corrected chi connectivity index (χ4v) is 3.06. The topological polar surface area (TPSA) is 29.3 Å². The van der Waals surface area contributed by atoms with Crippen LogP contribution >= 0.6 is 0 Å². The first kappa shape index (κ1) is 13.0. The van der Waals surface area contributed by atoms with Crippen LogP contribution in [0.2, 0.25) is 0 Å². The van der Waals surface area contributed by atoms with Crippen molar-refractivity contribution in [2.45, 2.75) is 65.0 Å². The average Bonchev–Trinajstić information content (AvgIpc) is 2.44. The van der Waals surface area contributed by atoms with E-state index in [4.69, 9.17) is 5.73 Å². The van der Waals surface area contributed by atoms with Gasteiger partial charge in [-0.15, -0.1) is 0 Å². The Morgan fingerprint density at radius 1 is 1.20 bits per heavy atom. The number of hydrogen-bond acceptors (Lipinski definition) is 2. The van der Waals surface area contributed by atoms with Crippen LogP contribution in [0, 0.1) is 5.92 Å². The second kappa shape index (κ2) is 6.49. The third kappa shape index (κ3) is 3.46. The second-order valence-electron chi connectivity index (χ2n) is 5.13. The lowest BCUT2D eigenvalue weighted by Gasteiger charge is -2.38. The highest BCUT2D eigenvalue weighted by atomic mass is 15.2. The Morgan fingerprint density at radius 2 is 1.87 bits per heavy atom. The SMILES string of the molecule is CCN(C(C)C)C1CCCCCC1CN. The molecule has 15 heavy (non-hydrogen) atoms. The Balaban J connectivity index is 2.67. The van der Waals surface area contributed by atoms with Crippen LogP contribution in [0.5, 0.6) is 0 Å². The van der Waals surface area contributed by atoms with Crippen LogP contribution in [0.15, 0.2) is 0 Å². The van der Waals surface area contributed by atoms with Crippen LogP contribution in [-0.2, 0) is 0 Å². The van der Waals surface area contributed by atoms with Crippen LogP contribution in [0.1, 0.15) is 52.9 Å². The summed E-state index contributed by atoms with van der Waals surface area (Å²) in [6, 6.07) is 1.40. The molecule has 0 saturated heterocycles. The first-order valence-corrected chi connectivity index (χ1v) is 6.66. The molecule has 90 valence electrons. The van der Waals surface area contributed by atoms with Crippen molar-refractivity contribution in [2.24, 2.45) is 11.7 Å². The summed E-state index contributed by atoms with van der Waals surface area (Å²) in [6.07, 6.45) is 6.87. The fourth-order valence-electron chi connectivity index (χ4n) is 3.06. The highest BCUT2D eigenvalue weighted by molar-refractivity contribution is 4.83. The van der Waals surface area contributed by atoms with E-state index in [9.17, 15) is 0 Å². The van der Waals surface area contributed by atoms with Crippen LogP contribution in [0.4, 0.5) is 0 Å². The van der Waals surface area contributed by atoms with Crippen molar-refractivity contribution < 1.29 is 0 Å². The minimum Gasteiger partial charge on any atom is -0.330 e. The Hall–Kier alpha value is -0.0800. The molecular formula is C13H28N2. The Morgan fingerprint density at radius 3 is 2.40 bits per heavy atom. The molecule has 0 radical (unpaired) electrons. The maximum Gasteiger partial charge on any atom is 0.0138 e.